The molecule has 1 fully saturated rings. The van der Waals surface area contributed by atoms with E-state index < -0.39 is 0 Å². The van der Waals surface area contributed by atoms with Gasteiger partial charge < -0.3 is 9.80 Å². The minimum absolute atomic E-state index is 0.191. The standard InChI is InChI=1S/C23H33N3O2S/c1-3-14-25(15-4-2)21(27)10-7-11-22(28)26-16-12-18(13-17-26)23-24-19-8-5-6-9-20(19)29-23/h5-6,8-9,18H,3-4,7,10-17H2,1-2H3. The Bertz CT molecular complexity index is 772. The molecule has 0 saturated carbocycles. The quantitative estimate of drug-likeness (QED) is 0.590. The summed E-state index contributed by atoms with van der Waals surface area (Å²) in [5.74, 6) is 0.837. The maximum Gasteiger partial charge on any atom is 0.222 e. The summed E-state index contributed by atoms with van der Waals surface area (Å²) in [4.78, 5) is 33.6. The first-order valence-electron chi connectivity index (χ1n) is 11.0. The Morgan fingerprint density at radius 2 is 1.79 bits per heavy atom. The van der Waals surface area contributed by atoms with Crippen LogP contribution in [0.1, 0.15) is 69.7 Å². The lowest BCUT2D eigenvalue weighted by atomic mass is 9.97. The molecule has 2 aromatic rings. The number of amides is 2. The van der Waals surface area contributed by atoms with Crippen molar-refractivity contribution in [3.05, 3.63) is 29.3 Å². The lowest BCUT2D eigenvalue weighted by Crippen LogP contribution is -2.38. The van der Waals surface area contributed by atoms with Gasteiger partial charge in [-0.15, -0.1) is 11.3 Å². The van der Waals surface area contributed by atoms with Crippen LogP contribution in [0.25, 0.3) is 10.2 Å². The molecule has 1 aliphatic rings. The second-order valence-corrected chi connectivity index (χ2v) is 8.97. The maximum atomic E-state index is 12.6. The van der Waals surface area contributed by atoms with E-state index >= 15 is 0 Å². The van der Waals surface area contributed by atoms with Crippen LogP contribution in [0.15, 0.2) is 24.3 Å². The van der Waals surface area contributed by atoms with Crippen LogP contribution in [0.3, 0.4) is 0 Å². The van der Waals surface area contributed by atoms with Gasteiger partial charge in [0.25, 0.3) is 0 Å². The van der Waals surface area contributed by atoms with Crippen LogP contribution in [0, 0.1) is 0 Å². The van der Waals surface area contributed by atoms with E-state index in [4.69, 9.17) is 4.98 Å². The normalized spacial score (nSPS) is 15.0. The molecule has 3 rings (SSSR count). The van der Waals surface area contributed by atoms with E-state index in [9.17, 15) is 9.59 Å². The van der Waals surface area contributed by atoms with Crippen LogP contribution < -0.4 is 0 Å². The molecule has 158 valence electrons. The third-order valence-electron chi connectivity index (χ3n) is 5.63. The molecule has 1 aromatic heterocycles. The Kier molecular flexibility index (Phi) is 8.04. The number of fused-ring (bicyclic) bond motifs is 1. The number of hydrogen-bond donors (Lipinski definition) is 0. The highest BCUT2D eigenvalue weighted by molar-refractivity contribution is 7.18. The molecular weight excluding hydrogens is 382 g/mol. The maximum absolute atomic E-state index is 12.6. The zero-order valence-electron chi connectivity index (χ0n) is 17.7. The molecule has 6 heteroatoms. The fraction of sp³-hybridized carbons (Fsp3) is 0.609. The predicted molar refractivity (Wildman–Crippen MR) is 119 cm³/mol. The Morgan fingerprint density at radius 1 is 1.10 bits per heavy atom. The summed E-state index contributed by atoms with van der Waals surface area (Å²) < 4.78 is 1.24. The molecule has 0 N–H and O–H groups in total. The van der Waals surface area contributed by atoms with Crippen molar-refractivity contribution < 1.29 is 9.59 Å². The number of carbonyl (C=O) groups excluding carboxylic acids is 2. The number of likely N-dealkylation sites (tertiary alicyclic amines) is 1. The van der Waals surface area contributed by atoms with Gasteiger partial charge in [-0.05, 0) is 44.2 Å². The summed E-state index contributed by atoms with van der Waals surface area (Å²) in [6.45, 7) is 7.42. The van der Waals surface area contributed by atoms with Crippen molar-refractivity contribution in [2.45, 2.75) is 64.7 Å². The molecule has 0 atom stereocenters. The average Bonchev–Trinajstić information content (AvgIpc) is 3.18. The van der Waals surface area contributed by atoms with Gasteiger partial charge in [0.2, 0.25) is 11.8 Å². The Hall–Kier alpha value is -1.95. The Labute approximate surface area is 178 Å². The van der Waals surface area contributed by atoms with Crippen LogP contribution in [0.4, 0.5) is 0 Å². The highest BCUT2D eigenvalue weighted by Gasteiger charge is 2.26. The van der Waals surface area contributed by atoms with Crippen LogP contribution in [0.5, 0.6) is 0 Å². The number of hydrogen-bond acceptors (Lipinski definition) is 4. The van der Waals surface area contributed by atoms with Gasteiger partial charge in [0.1, 0.15) is 0 Å². The molecular formula is C23H33N3O2S. The number of thiazole rings is 1. The summed E-state index contributed by atoms with van der Waals surface area (Å²) in [7, 11) is 0. The van der Waals surface area contributed by atoms with E-state index in [1.54, 1.807) is 11.3 Å². The van der Waals surface area contributed by atoms with E-state index in [-0.39, 0.29) is 11.8 Å². The fourth-order valence-electron chi connectivity index (χ4n) is 4.05. The molecule has 0 unspecified atom stereocenters. The van der Waals surface area contributed by atoms with Gasteiger partial charge in [0, 0.05) is 44.9 Å². The number of benzene rings is 1. The number of para-hydroxylation sites is 1. The smallest absolute Gasteiger partial charge is 0.222 e. The van der Waals surface area contributed by atoms with Crippen molar-refractivity contribution >= 4 is 33.4 Å². The lowest BCUT2D eigenvalue weighted by Gasteiger charge is -2.31. The highest BCUT2D eigenvalue weighted by Crippen LogP contribution is 2.33. The van der Waals surface area contributed by atoms with Gasteiger partial charge in [-0.1, -0.05) is 26.0 Å². The van der Waals surface area contributed by atoms with Crippen LogP contribution in [-0.4, -0.2) is 52.8 Å². The Balaban J connectivity index is 1.42. The summed E-state index contributed by atoms with van der Waals surface area (Å²) in [5, 5.41) is 1.20. The molecule has 1 aliphatic heterocycles. The molecule has 1 aromatic carbocycles. The van der Waals surface area contributed by atoms with Gasteiger partial charge in [-0.25, -0.2) is 4.98 Å². The van der Waals surface area contributed by atoms with Crippen LogP contribution in [-0.2, 0) is 9.59 Å². The van der Waals surface area contributed by atoms with Crippen molar-refractivity contribution in [2.24, 2.45) is 0 Å². The SMILES string of the molecule is CCCN(CCC)C(=O)CCCC(=O)N1CCC(c2nc3ccccc3s2)CC1. The van der Waals surface area contributed by atoms with E-state index in [1.807, 2.05) is 15.9 Å². The van der Waals surface area contributed by atoms with Gasteiger partial charge in [-0.3, -0.25) is 9.59 Å². The second kappa shape index (κ2) is 10.7. The molecule has 0 radical (unpaired) electrons. The molecule has 5 nitrogen and oxygen atoms in total. The minimum atomic E-state index is 0.191. The van der Waals surface area contributed by atoms with E-state index in [0.717, 1.165) is 57.4 Å². The second-order valence-electron chi connectivity index (χ2n) is 7.91. The molecule has 2 amide bonds. The molecule has 0 aliphatic carbocycles. The largest absolute Gasteiger partial charge is 0.343 e. The van der Waals surface area contributed by atoms with Gasteiger partial charge in [0.05, 0.1) is 15.2 Å². The first-order chi connectivity index (χ1) is 14.1. The third-order valence-corrected chi connectivity index (χ3v) is 6.83. The number of aromatic nitrogens is 1. The van der Waals surface area contributed by atoms with E-state index in [1.165, 1.54) is 9.71 Å². The predicted octanol–water partition coefficient (Wildman–Crippen LogP) is 4.82. The molecule has 0 spiro atoms. The first-order valence-corrected chi connectivity index (χ1v) is 11.8. The zero-order valence-corrected chi connectivity index (χ0v) is 18.5. The summed E-state index contributed by atoms with van der Waals surface area (Å²) in [6.07, 6.45) is 5.52. The summed E-state index contributed by atoms with van der Waals surface area (Å²) in [5.41, 5.74) is 1.08. The molecule has 2 heterocycles. The van der Waals surface area contributed by atoms with Gasteiger partial charge >= 0.3 is 0 Å². The van der Waals surface area contributed by atoms with Crippen molar-refractivity contribution in [1.82, 2.24) is 14.8 Å². The van der Waals surface area contributed by atoms with E-state index in [2.05, 4.69) is 32.0 Å². The minimum Gasteiger partial charge on any atom is -0.343 e. The third kappa shape index (κ3) is 5.78. The summed E-state index contributed by atoms with van der Waals surface area (Å²) in [6, 6.07) is 8.28. The van der Waals surface area contributed by atoms with E-state index in [0.29, 0.717) is 25.2 Å². The average molecular weight is 416 g/mol. The number of nitrogens with zero attached hydrogens (tertiary/aromatic N) is 3. The Morgan fingerprint density at radius 3 is 2.45 bits per heavy atom. The van der Waals surface area contributed by atoms with Crippen LogP contribution in [0.2, 0.25) is 0 Å². The number of rotatable bonds is 9. The van der Waals surface area contributed by atoms with Crippen molar-refractivity contribution in [3.8, 4) is 0 Å². The van der Waals surface area contributed by atoms with Gasteiger partial charge in [0.15, 0.2) is 0 Å². The van der Waals surface area contributed by atoms with Crippen LogP contribution >= 0.6 is 11.3 Å². The van der Waals surface area contributed by atoms with Crippen molar-refractivity contribution in [1.29, 1.82) is 0 Å². The highest BCUT2D eigenvalue weighted by atomic mass is 32.1. The van der Waals surface area contributed by atoms with Gasteiger partial charge in [-0.2, -0.15) is 0 Å². The molecule has 0 bridgehead atoms. The monoisotopic (exact) mass is 415 g/mol. The zero-order chi connectivity index (χ0) is 20.6. The molecule has 1 saturated heterocycles. The first kappa shape index (κ1) is 21.8. The topological polar surface area (TPSA) is 53.5 Å². The summed E-state index contributed by atoms with van der Waals surface area (Å²) >= 11 is 1.78. The number of piperidine rings is 1. The lowest BCUT2D eigenvalue weighted by molar-refractivity contribution is -0.133. The molecule has 29 heavy (non-hydrogen) atoms. The number of carbonyl (C=O) groups is 2. The van der Waals surface area contributed by atoms with Crippen molar-refractivity contribution in [2.75, 3.05) is 26.2 Å². The van der Waals surface area contributed by atoms with Crippen molar-refractivity contribution in [3.63, 3.8) is 0 Å². The fourth-order valence-corrected chi connectivity index (χ4v) is 5.19.